The predicted octanol–water partition coefficient (Wildman–Crippen LogP) is 0.951. The van der Waals surface area contributed by atoms with E-state index in [1.165, 1.54) is 6.08 Å². The van der Waals surface area contributed by atoms with E-state index in [9.17, 15) is 9.59 Å². The van der Waals surface area contributed by atoms with Crippen molar-refractivity contribution >= 4 is 17.9 Å². The van der Waals surface area contributed by atoms with Crippen molar-refractivity contribution < 1.29 is 14.3 Å². The van der Waals surface area contributed by atoms with Gasteiger partial charge in [-0.3, -0.25) is 9.59 Å². The molecule has 2 amide bonds. The van der Waals surface area contributed by atoms with Crippen molar-refractivity contribution in [1.29, 1.82) is 0 Å². The molecular formula is C15H18N2O3. The topological polar surface area (TPSA) is 81.4 Å². The quantitative estimate of drug-likeness (QED) is 0.784. The third-order valence-corrected chi connectivity index (χ3v) is 3.21. The van der Waals surface area contributed by atoms with Gasteiger partial charge in [0.05, 0.1) is 13.2 Å². The van der Waals surface area contributed by atoms with Crippen LogP contribution in [0, 0.1) is 5.41 Å². The van der Waals surface area contributed by atoms with Crippen LogP contribution < -0.4 is 11.1 Å². The van der Waals surface area contributed by atoms with E-state index in [0.29, 0.717) is 25.3 Å². The van der Waals surface area contributed by atoms with E-state index in [4.69, 9.17) is 10.5 Å². The van der Waals surface area contributed by atoms with Crippen molar-refractivity contribution in [1.82, 2.24) is 5.32 Å². The van der Waals surface area contributed by atoms with Crippen molar-refractivity contribution in [2.45, 2.75) is 6.92 Å². The first kappa shape index (κ1) is 14.3. The van der Waals surface area contributed by atoms with Crippen LogP contribution in [0.2, 0.25) is 0 Å². The molecule has 0 bridgehead atoms. The fraction of sp³-hybridized carbons (Fsp3) is 0.333. The Labute approximate surface area is 117 Å². The maximum atomic E-state index is 11.7. The zero-order chi connectivity index (χ0) is 14.6. The molecule has 0 aliphatic carbocycles. The molecule has 0 spiro atoms. The van der Waals surface area contributed by atoms with Crippen molar-refractivity contribution in [2.24, 2.45) is 11.1 Å². The normalized spacial score (nSPS) is 16.6. The van der Waals surface area contributed by atoms with Crippen LogP contribution in [-0.4, -0.2) is 31.6 Å². The average molecular weight is 274 g/mol. The lowest BCUT2D eigenvalue weighted by Gasteiger charge is -2.37. The second-order valence-corrected chi connectivity index (χ2v) is 5.34. The Hall–Kier alpha value is -2.14. The highest BCUT2D eigenvalue weighted by Gasteiger charge is 2.33. The Kier molecular flexibility index (Phi) is 4.20. The summed E-state index contributed by atoms with van der Waals surface area (Å²) in [6.45, 7) is 4.05. The molecule has 1 heterocycles. The van der Waals surface area contributed by atoms with E-state index in [1.54, 1.807) is 30.3 Å². The molecule has 0 aromatic heterocycles. The second-order valence-electron chi connectivity index (χ2n) is 5.34. The number of carbonyl (C=O) groups is 2. The largest absolute Gasteiger partial charge is 0.380 e. The summed E-state index contributed by atoms with van der Waals surface area (Å²) in [6, 6.07) is 6.75. The molecule has 5 heteroatoms. The van der Waals surface area contributed by atoms with E-state index in [1.807, 2.05) is 0 Å². The molecule has 1 saturated heterocycles. The van der Waals surface area contributed by atoms with E-state index in [2.05, 4.69) is 12.2 Å². The van der Waals surface area contributed by atoms with Gasteiger partial charge in [0, 0.05) is 23.6 Å². The van der Waals surface area contributed by atoms with Crippen LogP contribution in [-0.2, 0) is 9.53 Å². The van der Waals surface area contributed by atoms with Gasteiger partial charge < -0.3 is 15.8 Å². The molecule has 0 radical (unpaired) electrons. The lowest BCUT2D eigenvalue weighted by Crippen LogP contribution is -2.48. The molecule has 0 atom stereocenters. The predicted molar refractivity (Wildman–Crippen MR) is 75.9 cm³/mol. The molecule has 0 unspecified atom stereocenters. The first-order valence-electron chi connectivity index (χ1n) is 6.42. The van der Waals surface area contributed by atoms with Crippen LogP contribution in [0.25, 0.3) is 6.08 Å². The van der Waals surface area contributed by atoms with Gasteiger partial charge in [-0.05, 0) is 23.8 Å². The number of amides is 2. The molecule has 1 aromatic carbocycles. The molecule has 3 N–H and O–H groups in total. The van der Waals surface area contributed by atoms with E-state index < -0.39 is 5.91 Å². The van der Waals surface area contributed by atoms with Crippen LogP contribution in [0.3, 0.4) is 0 Å². The smallest absolute Gasteiger partial charge is 0.248 e. The molecule has 1 aliphatic rings. The Balaban J connectivity index is 1.85. The Morgan fingerprint density at radius 1 is 1.35 bits per heavy atom. The number of benzene rings is 1. The summed E-state index contributed by atoms with van der Waals surface area (Å²) < 4.78 is 5.12. The molecule has 2 rings (SSSR count). The average Bonchev–Trinajstić information content (AvgIpc) is 2.41. The van der Waals surface area contributed by atoms with Crippen LogP contribution >= 0.6 is 0 Å². The minimum absolute atomic E-state index is 0.0621. The van der Waals surface area contributed by atoms with E-state index in [-0.39, 0.29) is 11.3 Å². The van der Waals surface area contributed by atoms with E-state index >= 15 is 0 Å². The minimum Gasteiger partial charge on any atom is -0.380 e. The van der Waals surface area contributed by atoms with Crippen LogP contribution in [0.15, 0.2) is 30.3 Å². The number of primary amides is 1. The van der Waals surface area contributed by atoms with Crippen molar-refractivity contribution in [3.63, 3.8) is 0 Å². The number of ether oxygens (including phenoxy) is 1. The van der Waals surface area contributed by atoms with Crippen molar-refractivity contribution in [3.8, 4) is 0 Å². The maximum absolute atomic E-state index is 11.7. The summed E-state index contributed by atoms with van der Waals surface area (Å²) in [5, 5.41) is 2.85. The zero-order valence-corrected chi connectivity index (χ0v) is 11.4. The summed E-state index contributed by atoms with van der Waals surface area (Å²) in [7, 11) is 0. The molecule has 0 saturated carbocycles. The number of hydrogen-bond donors (Lipinski definition) is 2. The zero-order valence-electron chi connectivity index (χ0n) is 11.4. The first-order chi connectivity index (χ1) is 9.48. The van der Waals surface area contributed by atoms with Crippen molar-refractivity contribution in [3.05, 3.63) is 41.5 Å². The first-order valence-corrected chi connectivity index (χ1v) is 6.42. The summed E-state index contributed by atoms with van der Waals surface area (Å²) >= 11 is 0. The lowest BCUT2D eigenvalue weighted by atomic mass is 9.89. The number of rotatable bonds is 5. The van der Waals surface area contributed by atoms with Gasteiger partial charge in [0.25, 0.3) is 0 Å². The third-order valence-electron chi connectivity index (χ3n) is 3.21. The van der Waals surface area contributed by atoms with Gasteiger partial charge in [-0.25, -0.2) is 0 Å². The fourth-order valence-electron chi connectivity index (χ4n) is 1.84. The molecule has 20 heavy (non-hydrogen) atoms. The third kappa shape index (κ3) is 3.68. The Bertz CT molecular complexity index is 531. The summed E-state index contributed by atoms with van der Waals surface area (Å²) in [5.74, 6) is -0.605. The van der Waals surface area contributed by atoms with Gasteiger partial charge in [-0.15, -0.1) is 0 Å². The highest BCUT2D eigenvalue weighted by molar-refractivity contribution is 5.94. The van der Waals surface area contributed by atoms with Gasteiger partial charge in [0.15, 0.2) is 0 Å². The van der Waals surface area contributed by atoms with Gasteiger partial charge in [0.1, 0.15) is 0 Å². The highest BCUT2D eigenvalue weighted by atomic mass is 16.5. The Morgan fingerprint density at radius 2 is 2.00 bits per heavy atom. The second kappa shape index (κ2) is 5.88. The van der Waals surface area contributed by atoms with Gasteiger partial charge in [-0.1, -0.05) is 19.1 Å². The number of nitrogens with one attached hydrogen (secondary N) is 1. The Morgan fingerprint density at radius 3 is 2.50 bits per heavy atom. The molecule has 1 fully saturated rings. The SMILES string of the molecule is CC1(CNC(=O)/C=C/c2ccc(C(N)=O)cc2)COC1. The van der Waals surface area contributed by atoms with Gasteiger partial charge >= 0.3 is 0 Å². The summed E-state index contributed by atoms with van der Waals surface area (Å²) in [6.07, 6.45) is 3.17. The fourth-order valence-corrected chi connectivity index (χ4v) is 1.84. The number of nitrogens with two attached hydrogens (primary N) is 1. The van der Waals surface area contributed by atoms with Crippen LogP contribution in [0.5, 0.6) is 0 Å². The van der Waals surface area contributed by atoms with Crippen LogP contribution in [0.4, 0.5) is 0 Å². The lowest BCUT2D eigenvalue weighted by molar-refractivity contribution is -0.122. The summed E-state index contributed by atoms with van der Waals surface area (Å²) in [4.78, 5) is 22.6. The van der Waals surface area contributed by atoms with Gasteiger partial charge in [0.2, 0.25) is 11.8 Å². The number of carbonyl (C=O) groups excluding carboxylic acids is 2. The molecule has 106 valence electrons. The summed E-state index contributed by atoms with van der Waals surface area (Å²) in [5.41, 5.74) is 6.50. The minimum atomic E-state index is -0.464. The highest BCUT2D eigenvalue weighted by Crippen LogP contribution is 2.24. The van der Waals surface area contributed by atoms with Crippen molar-refractivity contribution in [2.75, 3.05) is 19.8 Å². The molecule has 5 nitrogen and oxygen atoms in total. The molecular weight excluding hydrogens is 256 g/mol. The standard InChI is InChI=1S/C15H18N2O3/c1-15(9-20-10-15)8-17-13(18)7-4-11-2-5-12(6-3-11)14(16)19/h2-7H,8-10H2,1H3,(H2,16,19)(H,17,18)/b7-4+. The van der Waals surface area contributed by atoms with Gasteiger partial charge in [-0.2, -0.15) is 0 Å². The number of hydrogen-bond acceptors (Lipinski definition) is 3. The molecule has 1 aliphatic heterocycles. The van der Waals surface area contributed by atoms with Crippen LogP contribution in [0.1, 0.15) is 22.8 Å². The maximum Gasteiger partial charge on any atom is 0.248 e. The monoisotopic (exact) mass is 274 g/mol. The molecule has 1 aromatic rings. The van der Waals surface area contributed by atoms with E-state index in [0.717, 1.165) is 5.56 Å².